The molecule has 1 aliphatic heterocycles. The van der Waals surface area contributed by atoms with E-state index in [0.29, 0.717) is 5.41 Å². The molecule has 0 amide bonds. The number of morpholine rings is 1. The Morgan fingerprint density at radius 2 is 2.12 bits per heavy atom. The van der Waals surface area contributed by atoms with Gasteiger partial charge >= 0.3 is 0 Å². The van der Waals surface area contributed by atoms with Crippen molar-refractivity contribution in [2.24, 2.45) is 17.3 Å². The zero-order chi connectivity index (χ0) is 16.6. The van der Waals surface area contributed by atoms with E-state index in [1.807, 2.05) is 12.3 Å². The largest absolute Gasteiger partial charge is 0.378 e. The zero-order valence-corrected chi connectivity index (χ0v) is 14.9. The molecular weight excluding hydrogens is 298 g/mol. The van der Waals surface area contributed by atoms with Crippen LogP contribution in [0.25, 0.3) is 0 Å². The van der Waals surface area contributed by atoms with Gasteiger partial charge in [0.15, 0.2) is 0 Å². The smallest absolute Gasteiger partial charge is 0.133 e. The van der Waals surface area contributed by atoms with Gasteiger partial charge in [0.2, 0.25) is 0 Å². The van der Waals surface area contributed by atoms with E-state index in [1.54, 1.807) is 5.57 Å². The molecule has 0 radical (unpaired) electrons. The van der Waals surface area contributed by atoms with Gasteiger partial charge in [-0.2, -0.15) is 0 Å². The number of pyridine rings is 1. The van der Waals surface area contributed by atoms with E-state index in [2.05, 4.69) is 41.2 Å². The molecule has 0 aromatic carbocycles. The molecule has 24 heavy (non-hydrogen) atoms. The maximum atomic E-state index is 5.46. The average Bonchev–Trinajstić information content (AvgIpc) is 2.63. The zero-order valence-electron chi connectivity index (χ0n) is 14.9. The molecule has 1 saturated heterocycles. The van der Waals surface area contributed by atoms with Crippen molar-refractivity contribution in [1.82, 2.24) is 10.3 Å². The quantitative estimate of drug-likeness (QED) is 0.844. The van der Waals surface area contributed by atoms with Crippen molar-refractivity contribution >= 4 is 5.82 Å². The minimum atomic E-state index is 0.513. The van der Waals surface area contributed by atoms with Gasteiger partial charge in [-0.15, -0.1) is 0 Å². The molecule has 0 unspecified atom stereocenters. The molecule has 1 aromatic heterocycles. The summed E-state index contributed by atoms with van der Waals surface area (Å²) >= 11 is 0. The van der Waals surface area contributed by atoms with Crippen molar-refractivity contribution in [3.05, 3.63) is 35.5 Å². The molecule has 2 bridgehead atoms. The molecule has 3 aliphatic carbocycles. The Kier molecular flexibility index (Phi) is 4.35. The van der Waals surface area contributed by atoms with Gasteiger partial charge in [-0.25, -0.2) is 4.98 Å². The van der Waals surface area contributed by atoms with Crippen LogP contribution in [0.2, 0.25) is 0 Å². The molecule has 0 spiro atoms. The Balaban J connectivity index is 1.37. The first-order valence-electron chi connectivity index (χ1n) is 9.32. The fraction of sp³-hybridized carbons (Fsp3) is 0.650. The summed E-state index contributed by atoms with van der Waals surface area (Å²) in [6.45, 7) is 10.3. The molecule has 4 aliphatic rings. The molecule has 5 rings (SSSR count). The van der Waals surface area contributed by atoms with Crippen LogP contribution in [0.5, 0.6) is 0 Å². The van der Waals surface area contributed by atoms with E-state index in [4.69, 9.17) is 4.74 Å². The number of nitrogens with zero attached hydrogens (tertiary/aromatic N) is 2. The van der Waals surface area contributed by atoms with Crippen molar-refractivity contribution in [3.8, 4) is 0 Å². The van der Waals surface area contributed by atoms with Crippen molar-refractivity contribution in [3.63, 3.8) is 0 Å². The lowest BCUT2D eigenvalue weighted by atomic mass is 9.49. The maximum Gasteiger partial charge on any atom is 0.133 e. The van der Waals surface area contributed by atoms with Crippen LogP contribution < -0.4 is 10.2 Å². The third-order valence-electron chi connectivity index (χ3n) is 6.41. The van der Waals surface area contributed by atoms with Crippen molar-refractivity contribution < 1.29 is 4.74 Å². The SMILES string of the molecule is CC1(C)[C@H]2CC=C(CNCc3cccnc3N3CCOCC3)[C@@H]1C2. The van der Waals surface area contributed by atoms with Gasteiger partial charge in [-0.05, 0) is 36.2 Å². The average molecular weight is 327 g/mol. The Hall–Kier alpha value is -1.39. The van der Waals surface area contributed by atoms with E-state index in [-0.39, 0.29) is 0 Å². The van der Waals surface area contributed by atoms with Crippen LogP contribution in [0.1, 0.15) is 32.3 Å². The fourth-order valence-corrected chi connectivity index (χ4v) is 4.65. The monoisotopic (exact) mass is 327 g/mol. The number of ether oxygens (including phenoxy) is 1. The van der Waals surface area contributed by atoms with Crippen molar-refractivity contribution in [2.45, 2.75) is 33.2 Å². The van der Waals surface area contributed by atoms with Crippen LogP contribution in [0.3, 0.4) is 0 Å². The lowest BCUT2D eigenvalue weighted by Gasteiger charge is -2.56. The number of hydrogen-bond donors (Lipinski definition) is 1. The Labute approximate surface area is 145 Å². The van der Waals surface area contributed by atoms with Gasteiger partial charge in [-0.1, -0.05) is 31.6 Å². The minimum absolute atomic E-state index is 0.513. The van der Waals surface area contributed by atoms with Crippen LogP contribution in [-0.4, -0.2) is 37.8 Å². The molecule has 1 aromatic rings. The van der Waals surface area contributed by atoms with Gasteiger partial charge in [0.05, 0.1) is 13.2 Å². The molecule has 4 nitrogen and oxygen atoms in total. The van der Waals surface area contributed by atoms with Gasteiger partial charge in [-0.3, -0.25) is 0 Å². The van der Waals surface area contributed by atoms with Crippen LogP contribution in [0, 0.1) is 17.3 Å². The summed E-state index contributed by atoms with van der Waals surface area (Å²) in [5, 5.41) is 3.68. The van der Waals surface area contributed by atoms with E-state index in [0.717, 1.165) is 57.0 Å². The molecule has 130 valence electrons. The summed E-state index contributed by atoms with van der Waals surface area (Å²) in [4.78, 5) is 6.98. The van der Waals surface area contributed by atoms with E-state index >= 15 is 0 Å². The Morgan fingerprint density at radius 1 is 1.29 bits per heavy atom. The number of aromatic nitrogens is 1. The summed E-state index contributed by atoms with van der Waals surface area (Å²) in [5.41, 5.74) is 3.43. The maximum absolute atomic E-state index is 5.46. The van der Waals surface area contributed by atoms with Crippen LogP contribution in [0.4, 0.5) is 5.82 Å². The second-order valence-electron chi connectivity index (χ2n) is 8.01. The van der Waals surface area contributed by atoms with Crippen molar-refractivity contribution in [1.29, 1.82) is 0 Å². The molecule has 1 N–H and O–H groups in total. The van der Waals surface area contributed by atoms with Crippen LogP contribution in [-0.2, 0) is 11.3 Å². The predicted molar refractivity (Wildman–Crippen MR) is 97.1 cm³/mol. The van der Waals surface area contributed by atoms with Crippen LogP contribution in [0.15, 0.2) is 30.0 Å². The fourth-order valence-electron chi connectivity index (χ4n) is 4.65. The second-order valence-corrected chi connectivity index (χ2v) is 8.01. The topological polar surface area (TPSA) is 37.4 Å². The predicted octanol–water partition coefficient (Wildman–Crippen LogP) is 3.00. The highest BCUT2D eigenvalue weighted by atomic mass is 16.5. The summed E-state index contributed by atoms with van der Waals surface area (Å²) in [6.07, 6.45) is 7.05. The molecule has 2 atom stereocenters. The highest BCUT2D eigenvalue weighted by Crippen LogP contribution is 2.58. The van der Waals surface area contributed by atoms with Gasteiger partial charge in [0.25, 0.3) is 0 Å². The Morgan fingerprint density at radius 3 is 2.88 bits per heavy atom. The lowest BCUT2D eigenvalue weighted by molar-refractivity contribution is -0.00738. The molecule has 2 heterocycles. The van der Waals surface area contributed by atoms with Crippen LogP contribution >= 0.6 is 0 Å². The summed E-state index contributed by atoms with van der Waals surface area (Å²) in [7, 11) is 0. The number of rotatable bonds is 5. The van der Waals surface area contributed by atoms with Crippen molar-refractivity contribution in [2.75, 3.05) is 37.7 Å². The second kappa shape index (κ2) is 6.49. The highest BCUT2D eigenvalue weighted by molar-refractivity contribution is 5.47. The van der Waals surface area contributed by atoms with E-state index in [1.165, 1.54) is 18.4 Å². The summed E-state index contributed by atoms with van der Waals surface area (Å²) < 4.78 is 5.46. The third kappa shape index (κ3) is 2.86. The first kappa shape index (κ1) is 16.1. The Bertz CT molecular complexity index is 619. The van der Waals surface area contributed by atoms with Gasteiger partial charge in [0, 0.05) is 37.9 Å². The molecule has 2 fully saturated rings. The third-order valence-corrected chi connectivity index (χ3v) is 6.41. The lowest BCUT2D eigenvalue weighted by Crippen LogP contribution is -2.49. The number of allylic oxidation sites excluding steroid dienone is 1. The minimum Gasteiger partial charge on any atom is -0.378 e. The van der Waals surface area contributed by atoms with Gasteiger partial charge < -0.3 is 15.0 Å². The molecular formula is C20H29N3O. The highest BCUT2D eigenvalue weighted by Gasteiger charge is 2.50. The normalized spacial score (nSPS) is 28.2. The van der Waals surface area contributed by atoms with E-state index < -0.39 is 0 Å². The number of hydrogen-bond acceptors (Lipinski definition) is 4. The summed E-state index contributed by atoms with van der Waals surface area (Å²) in [6, 6.07) is 4.24. The first-order valence-corrected chi connectivity index (χ1v) is 9.32. The summed E-state index contributed by atoms with van der Waals surface area (Å²) in [5.74, 6) is 2.82. The molecule has 4 heteroatoms. The number of nitrogens with one attached hydrogen (secondary N) is 1. The molecule has 1 saturated carbocycles. The van der Waals surface area contributed by atoms with Gasteiger partial charge in [0.1, 0.15) is 5.82 Å². The standard InChI is InChI=1S/C20H29N3O/c1-20(2)17-6-5-15(18(20)12-17)13-21-14-16-4-3-7-22-19(16)23-8-10-24-11-9-23/h3-5,7,17-18,21H,6,8-14H2,1-2H3/t17-,18-/m0/s1. The number of fused-ring (bicyclic) bond motifs is 1. The number of anilines is 1. The first-order chi connectivity index (χ1) is 11.7. The van der Waals surface area contributed by atoms with E-state index in [9.17, 15) is 0 Å².